The summed E-state index contributed by atoms with van der Waals surface area (Å²) in [5.74, 6) is 5.68. The minimum absolute atomic E-state index is 0.0555. The zero-order valence-electron chi connectivity index (χ0n) is 11.7. The molecule has 20 heavy (non-hydrogen) atoms. The van der Waals surface area contributed by atoms with Crippen molar-refractivity contribution in [3.05, 3.63) is 58.3 Å². The number of halogens is 1. The summed E-state index contributed by atoms with van der Waals surface area (Å²) in [4.78, 5) is 6.46. The molecule has 0 aliphatic carbocycles. The number of hydrazine groups is 1. The van der Waals surface area contributed by atoms with Crippen molar-refractivity contribution in [1.29, 1.82) is 0 Å². The molecule has 1 unspecified atom stereocenters. The summed E-state index contributed by atoms with van der Waals surface area (Å²) in [7, 11) is 4.05. The van der Waals surface area contributed by atoms with Crippen molar-refractivity contribution in [2.75, 3.05) is 19.0 Å². The van der Waals surface area contributed by atoms with Crippen LogP contribution in [0.3, 0.4) is 0 Å². The Morgan fingerprint density at radius 3 is 2.40 bits per heavy atom. The third-order valence-electron chi connectivity index (χ3n) is 3.21. The van der Waals surface area contributed by atoms with Gasteiger partial charge in [0.15, 0.2) is 0 Å². The molecule has 0 spiro atoms. The lowest BCUT2D eigenvalue weighted by Gasteiger charge is -2.18. The molecule has 5 heteroatoms. The second-order valence-corrected chi connectivity index (χ2v) is 5.79. The number of hydrogen-bond acceptors (Lipinski definition) is 4. The highest BCUT2D eigenvalue weighted by molar-refractivity contribution is 9.10. The van der Waals surface area contributed by atoms with Gasteiger partial charge in [0, 0.05) is 42.6 Å². The molecule has 0 saturated heterocycles. The average molecular weight is 335 g/mol. The van der Waals surface area contributed by atoms with Gasteiger partial charge in [-0.2, -0.15) is 0 Å². The highest BCUT2D eigenvalue weighted by Gasteiger charge is 2.11. The SMILES string of the molecule is CN(C)c1ccc(C(Cc2ccc(Br)cn2)NN)cc1. The first-order chi connectivity index (χ1) is 9.60. The van der Waals surface area contributed by atoms with Gasteiger partial charge in [-0.15, -0.1) is 0 Å². The standard InChI is InChI=1S/C15H19BrN4/c1-20(2)14-7-3-11(4-8-14)15(19-17)9-13-6-5-12(16)10-18-13/h3-8,10,15,19H,9,17H2,1-2H3. The molecule has 0 aliphatic rings. The van der Waals surface area contributed by atoms with Crippen molar-refractivity contribution >= 4 is 21.6 Å². The van der Waals surface area contributed by atoms with Gasteiger partial charge >= 0.3 is 0 Å². The monoisotopic (exact) mass is 334 g/mol. The smallest absolute Gasteiger partial charge is 0.0515 e. The fraction of sp³-hybridized carbons (Fsp3) is 0.267. The Morgan fingerprint density at radius 2 is 1.90 bits per heavy atom. The first kappa shape index (κ1) is 15.0. The Hall–Kier alpha value is -1.43. The Morgan fingerprint density at radius 1 is 1.20 bits per heavy atom. The van der Waals surface area contributed by atoms with E-state index < -0.39 is 0 Å². The number of benzene rings is 1. The zero-order valence-corrected chi connectivity index (χ0v) is 13.3. The molecule has 0 saturated carbocycles. The van der Waals surface area contributed by atoms with Crippen LogP contribution in [0.25, 0.3) is 0 Å². The van der Waals surface area contributed by atoms with Gasteiger partial charge in [0.25, 0.3) is 0 Å². The van der Waals surface area contributed by atoms with E-state index in [9.17, 15) is 0 Å². The number of hydrogen-bond donors (Lipinski definition) is 2. The van der Waals surface area contributed by atoms with Crippen LogP contribution in [0.4, 0.5) is 5.69 Å². The summed E-state index contributed by atoms with van der Waals surface area (Å²) in [5, 5.41) is 0. The molecule has 0 bridgehead atoms. The van der Waals surface area contributed by atoms with Gasteiger partial charge in [-0.05, 0) is 45.8 Å². The molecule has 1 aromatic carbocycles. The van der Waals surface area contributed by atoms with Crippen LogP contribution in [-0.2, 0) is 6.42 Å². The number of nitrogens with one attached hydrogen (secondary N) is 1. The molecule has 1 atom stereocenters. The number of aromatic nitrogens is 1. The fourth-order valence-corrected chi connectivity index (χ4v) is 2.25. The Kier molecular flexibility index (Phi) is 5.11. The van der Waals surface area contributed by atoms with Crippen molar-refractivity contribution in [3.63, 3.8) is 0 Å². The first-order valence-corrected chi connectivity index (χ1v) is 7.23. The van der Waals surface area contributed by atoms with E-state index in [0.29, 0.717) is 0 Å². The summed E-state index contributed by atoms with van der Waals surface area (Å²) >= 11 is 3.39. The number of anilines is 1. The summed E-state index contributed by atoms with van der Waals surface area (Å²) in [6.45, 7) is 0. The fourth-order valence-electron chi connectivity index (χ4n) is 2.01. The minimum atomic E-state index is 0.0555. The maximum Gasteiger partial charge on any atom is 0.0515 e. The molecule has 3 N–H and O–H groups in total. The van der Waals surface area contributed by atoms with Crippen LogP contribution in [0.1, 0.15) is 17.3 Å². The summed E-state index contributed by atoms with van der Waals surface area (Å²) in [6, 6.07) is 12.4. The van der Waals surface area contributed by atoms with Crippen molar-refractivity contribution in [3.8, 4) is 0 Å². The first-order valence-electron chi connectivity index (χ1n) is 6.44. The molecular weight excluding hydrogens is 316 g/mol. The molecule has 2 rings (SSSR count). The third kappa shape index (κ3) is 3.79. The molecular formula is C15H19BrN4. The molecule has 106 valence electrons. The van der Waals surface area contributed by atoms with Crippen molar-refractivity contribution in [2.24, 2.45) is 5.84 Å². The second-order valence-electron chi connectivity index (χ2n) is 4.88. The maximum atomic E-state index is 5.68. The summed E-state index contributed by atoms with van der Waals surface area (Å²) < 4.78 is 0.980. The van der Waals surface area contributed by atoms with Crippen molar-refractivity contribution < 1.29 is 0 Å². The highest BCUT2D eigenvalue weighted by Crippen LogP contribution is 2.20. The third-order valence-corrected chi connectivity index (χ3v) is 3.68. The van der Waals surface area contributed by atoms with E-state index in [1.165, 1.54) is 5.69 Å². The minimum Gasteiger partial charge on any atom is -0.378 e. The summed E-state index contributed by atoms with van der Waals surface area (Å²) in [6.07, 6.45) is 2.56. The average Bonchev–Trinajstić information content (AvgIpc) is 2.47. The normalized spacial score (nSPS) is 12.2. The van der Waals surface area contributed by atoms with Gasteiger partial charge < -0.3 is 4.90 Å². The number of nitrogens with two attached hydrogens (primary N) is 1. The van der Waals surface area contributed by atoms with Crippen molar-refractivity contribution in [2.45, 2.75) is 12.5 Å². The van der Waals surface area contributed by atoms with E-state index >= 15 is 0 Å². The quantitative estimate of drug-likeness (QED) is 0.652. The van der Waals surface area contributed by atoms with E-state index in [2.05, 4.69) is 55.5 Å². The van der Waals surface area contributed by atoms with E-state index in [1.54, 1.807) is 6.20 Å². The van der Waals surface area contributed by atoms with Gasteiger partial charge in [-0.1, -0.05) is 12.1 Å². The van der Waals surface area contributed by atoms with Crippen molar-refractivity contribution in [1.82, 2.24) is 10.4 Å². The lowest BCUT2D eigenvalue weighted by Crippen LogP contribution is -2.29. The lowest BCUT2D eigenvalue weighted by atomic mass is 10.0. The molecule has 4 nitrogen and oxygen atoms in total. The Labute approximate surface area is 128 Å². The van der Waals surface area contributed by atoms with Gasteiger partial charge in [-0.3, -0.25) is 16.3 Å². The maximum absolute atomic E-state index is 5.68. The summed E-state index contributed by atoms with van der Waals surface area (Å²) in [5.41, 5.74) is 6.20. The molecule has 2 aromatic rings. The lowest BCUT2D eigenvalue weighted by molar-refractivity contribution is 0.546. The largest absolute Gasteiger partial charge is 0.378 e. The van der Waals surface area contributed by atoms with E-state index in [-0.39, 0.29) is 6.04 Å². The second kappa shape index (κ2) is 6.83. The van der Waals surface area contributed by atoms with Gasteiger partial charge in [0.2, 0.25) is 0 Å². The molecule has 0 aliphatic heterocycles. The molecule has 1 aromatic heterocycles. The van der Waals surface area contributed by atoms with Crippen LogP contribution in [0.5, 0.6) is 0 Å². The van der Waals surface area contributed by atoms with E-state index in [0.717, 1.165) is 22.2 Å². The predicted molar refractivity (Wildman–Crippen MR) is 86.5 cm³/mol. The highest BCUT2D eigenvalue weighted by atomic mass is 79.9. The van der Waals surface area contributed by atoms with Crippen LogP contribution in [-0.4, -0.2) is 19.1 Å². The van der Waals surface area contributed by atoms with Crippen LogP contribution < -0.4 is 16.2 Å². The molecule has 0 fully saturated rings. The number of rotatable bonds is 5. The molecule has 0 radical (unpaired) electrons. The topological polar surface area (TPSA) is 54.2 Å². The zero-order chi connectivity index (χ0) is 14.5. The molecule has 0 amide bonds. The van der Waals surface area contributed by atoms with Crippen LogP contribution >= 0.6 is 15.9 Å². The number of pyridine rings is 1. The van der Waals surface area contributed by atoms with E-state index in [1.807, 2.05) is 26.2 Å². The Bertz CT molecular complexity index is 537. The van der Waals surface area contributed by atoms with Crippen LogP contribution in [0, 0.1) is 0 Å². The molecule has 1 heterocycles. The predicted octanol–water partition coefficient (Wildman–Crippen LogP) is 2.66. The van der Waals surface area contributed by atoms with E-state index in [4.69, 9.17) is 5.84 Å². The van der Waals surface area contributed by atoms with Gasteiger partial charge in [0.1, 0.15) is 0 Å². The van der Waals surface area contributed by atoms with Gasteiger partial charge in [0.05, 0.1) is 6.04 Å². The van der Waals surface area contributed by atoms with Crippen LogP contribution in [0.2, 0.25) is 0 Å². The van der Waals surface area contributed by atoms with Gasteiger partial charge in [-0.25, -0.2) is 0 Å². The number of nitrogens with zero attached hydrogens (tertiary/aromatic N) is 2. The van der Waals surface area contributed by atoms with Crippen LogP contribution in [0.15, 0.2) is 47.1 Å². The Balaban J connectivity index is 2.13.